The lowest BCUT2D eigenvalue weighted by atomic mass is 9.85. The molecular formula is C13H17N3. The van der Waals surface area contributed by atoms with Gasteiger partial charge in [-0.25, -0.2) is 0 Å². The van der Waals surface area contributed by atoms with Crippen molar-refractivity contribution in [2.45, 2.75) is 38.3 Å². The van der Waals surface area contributed by atoms with Crippen molar-refractivity contribution >= 4 is 0 Å². The van der Waals surface area contributed by atoms with E-state index in [1.165, 1.54) is 12.8 Å². The SMILES string of the molecule is N#CC1CCCCC1NCc1ccccn1. The molecule has 0 aromatic carbocycles. The van der Waals surface area contributed by atoms with Crippen LogP contribution in [0.15, 0.2) is 24.4 Å². The van der Waals surface area contributed by atoms with Crippen LogP contribution >= 0.6 is 0 Å². The van der Waals surface area contributed by atoms with E-state index in [-0.39, 0.29) is 5.92 Å². The Morgan fingerprint density at radius 3 is 3.00 bits per heavy atom. The predicted octanol–water partition coefficient (Wildman–Crippen LogP) is 2.25. The normalized spacial score (nSPS) is 24.9. The van der Waals surface area contributed by atoms with Gasteiger partial charge in [0.2, 0.25) is 0 Å². The van der Waals surface area contributed by atoms with Gasteiger partial charge in [0.1, 0.15) is 0 Å². The van der Waals surface area contributed by atoms with Crippen LogP contribution in [0.2, 0.25) is 0 Å². The smallest absolute Gasteiger partial charge is 0.0672 e. The molecule has 0 radical (unpaired) electrons. The molecule has 0 spiro atoms. The molecule has 1 heterocycles. The van der Waals surface area contributed by atoms with Gasteiger partial charge in [-0.05, 0) is 25.0 Å². The van der Waals surface area contributed by atoms with E-state index < -0.39 is 0 Å². The van der Waals surface area contributed by atoms with Crippen molar-refractivity contribution in [3.63, 3.8) is 0 Å². The lowest BCUT2D eigenvalue weighted by Gasteiger charge is -2.27. The monoisotopic (exact) mass is 215 g/mol. The van der Waals surface area contributed by atoms with E-state index in [2.05, 4.69) is 16.4 Å². The third kappa shape index (κ3) is 2.80. The molecule has 2 unspecified atom stereocenters. The largest absolute Gasteiger partial charge is 0.307 e. The molecule has 1 aliphatic rings. The molecule has 2 rings (SSSR count). The molecule has 3 nitrogen and oxygen atoms in total. The zero-order chi connectivity index (χ0) is 11.2. The van der Waals surface area contributed by atoms with Gasteiger partial charge in [-0.1, -0.05) is 18.9 Å². The van der Waals surface area contributed by atoms with E-state index in [1.807, 2.05) is 18.2 Å². The highest BCUT2D eigenvalue weighted by Gasteiger charge is 2.24. The fourth-order valence-electron chi connectivity index (χ4n) is 2.27. The molecule has 84 valence electrons. The standard InChI is InChI=1S/C13H17N3/c14-9-11-5-1-2-7-13(11)16-10-12-6-3-4-8-15-12/h3-4,6,8,11,13,16H,1-2,5,7,10H2. The third-order valence-corrected chi connectivity index (χ3v) is 3.20. The van der Waals surface area contributed by atoms with Crippen molar-refractivity contribution in [2.24, 2.45) is 5.92 Å². The van der Waals surface area contributed by atoms with Gasteiger partial charge in [0.05, 0.1) is 17.7 Å². The molecule has 1 aromatic heterocycles. The molecule has 3 heteroatoms. The minimum absolute atomic E-state index is 0.178. The quantitative estimate of drug-likeness (QED) is 0.841. The highest BCUT2D eigenvalue weighted by molar-refractivity contribution is 5.04. The Hall–Kier alpha value is -1.40. The van der Waals surface area contributed by atoms with Crippen molar-refractivity contribution < 1.29 is 0 Å². The number of nitrogens with one attached hydrogen (secondary N) is 1. The molecule has 0 bridgehead atoms. The maximum atomic E-state index is 9.05. The summed E-state index contributed by atoms with van der Waals surface area (Å²) in [6.07, 6.45) is 6.39. The molecule has 1 aromatic rings. The Bertz CT molecular complexity index is 355. The average molecular weight is 215 g/mol. The maximum absolute atomic E-state index is 9.05. The molecule has 0 amide bonds. The van der Waals surface area contributed by atoms with Gasteiger partial charge in [-0.15, -0.1) is 0 Å². The van der Waals surface area contributed by atoms with Crippen LogP contribution < -0.4 is 5.32 Å². The summed E-state index contributed by atoms with van der Waals surface area (Å²) in [6.45, 7) is 0.768. The number of hydrogen-bond acceptors (Lipinski definition) is 3. The first-order valence-corrected chi connectivity index (χ1v) is 5.93. The van der Waals surface area contributed by atoms with Crippen LogP contribution in [0.25, 0.3) is 0 Å². The minimum atomic E-state index is 0.178. The summed E-state index contributed by atoms with van der Waals surface area (Å²) in [5.74, 6) is 0.178. The van der Waals surface area contributed by atoms with E-state index in [1.54, 1.807) is 6.20 Å². The first-order chi connectivity index (χ1) is 7.90. The second kappa shape index (κ2) is 5.62. The highest BCUT2D eigenvalue weighted by atomic mass is 14.9. The fraction of sp³-hybridized carbons (Fsp3) is 0.538. The molecular weight excluding hydrogens is 198 g/mol. The fourth-order valence-corrected chi connectivity index (χ4v) is 2.27. The van der Waals surface area contributed by atoms with Gasteiger partial charge in [0.25, 0.3) is 0 Å². The van der Waals surface area contributed by atoms with Crippen molar-refractivity contribution in [3.05, 3.63) is 30.1 Å². The van der Waals surface area contributed by atoms with E-state index >= 15 is 0 Å². The van der Waals surface area contributed by atoms with Crippen LogP contribution in [-0.4, -0.2) is 11.0 Å². The van der Waals surface area contributed by atoms with Gasteiger partial charge in [0, 0.05) is 18.8 Å². The van der Waals surface area contributed by atoms with Crippen LogP contribution in [0.3, 0.4) is 0 Å². The molecule has 2 atom stereocenters. The van der Waals surface area contributed by atoms with Gasteiger partial charge >= 0.3 is 0 Å². The Morgan fingerprint density at radius 1 is 1.38 bits per heavy atom. The number of rotatable bonds is 3. The molecule has 16 heavy (non-hydrogen) atoms. The van der Waals surface area contributed by atoms with E-state index in [0.717, 1.165) is 25.1 Å². The Labute approximate surface area is 96.5 Å². The summed E-state index contributed by atoms with van der Waals surface area (Å²) in [6, 6.07) is 8.68. The second-order valence-electron chi connectivity index (χ2n) is 4.33. The van der Waals surface area contributed by atoms with Crippen LogP contribution in [-0.2, 0) is 6.54 Å². The summed E-state index contributed by atoms with van der Waals surface area (Å²) >= 11 is 0. The molecule has 1 fully saturated rings. The topological polar surface area (TPSA) is 48.7 Å². The van der Waals surface area contributed by atoms with Crippen LogP contribution in [0, 0.1) is 17.2 Å². The first-order valence-electron chi connectivity index (χ1n) is 5.93. The van der Waals surface area contributed by atoms with Crippen LogP contribution in [0.5, 0.6) is 0 Å². The van der Waals surface area contributed by atoms with Gasteiger partial charge in [-0.2, -0.15) is 5.26 Å². The Morgan fingerprint density at radius 2 is 2.25 bits per heavy atom. The van der Waals surface area contributed by atoms with E-state index in [9.17, 15) is 0 Å². The minimum Gasteiger partial charge on any atom is -0.307 e. The van der Waals surface area contributed by atoms with Crippen molar-refractivity contribution in [2.75, 3.05) is 0 Å². The van der Waals surface area contributed by atoms with E-state index in [4.69, 9.17) is 5.26 Å². The summed E-state index contributed by atoms with van der Waals surface area (Å²) in [5, 5.41) is 12.5. The van der Waals surface area contributed by atoms with E-state index in [0.29, 0.717) is 6.04 Å². The molecule has 1 N–H and O–H groups in total. The number of hydrogen-bond donors (Lipinski definition) is 1. The molecule has 0 aliphatic heterocycles. The lowest BCUT2D eigenvalue weighted by Crippen LogP contribution is -2.37. The second-order valence-corrected chi connectivity index (χ2v) is 4.33. The van der Waals surface area contributed by atoms with Crippen LogP contribution in [0.4, 0.5) is 0 Å². The molecule has 0 saturated heterocycles. The number of aromatic nitrogens is 1. The Balaban J connectivity index is 1.87. The highest BCUT2D eigenvalue weighted by Crippen LogP contribution is 2.23. The third-order valence-electron chi connectivity index (χ3n) is 3.20. The van der Waals surface area contributed by atoms with Crippen molar-refractivity contribution in [1.82, 2.24) is 10.3 Å². The van der Waals surface area contributed by atoms with Crippen molar-refractivity contribution in [3.8, 4) is 6.07 Å². The molecule has 1 saturated carbocycles. The summed E-state index contributed by atoms with van der Waals surface area (Å²) < 4.78 is 0. The maximum Gasteiger partial charge on any atom is 0.0672 e. The predicted molar refractivity (Wildman–Crippen MR) is 62.4 cm³/mol. The lowest BCUT2D eigenvalue weighted by molar-refractivity contribution is 0.310. The first kappa shape index (κ1) is 11.1. The van der Waals surface area contributed by atoms with Gasteiger partial charge < -0.3 is 5.32 Å². The number of nitriles is 1. The number of pyridine rings is 1. The molecule has 1 aliphatic carbocycles. The summed E-state index contributed by atoms with van der Waals surface area (Å²) in [4.78, 5) is 4.27. The number of nitrogens with zero attached hydrogens (tertiary/aromatic N) is 2. The Kier molecular flexibility index (Phi) is 3.90. The van der Waals surface area contributed by atoms with Crippen molar-refractivity contribution in [1.29, 1.82) is 5.26 Å². The zero-order valence-corrected chi connectivity index (χ0v) is 9.39. The summed E-state index contributed by atoms with van der Waals surface area (Å²) in [5.41, 5.74) is 1.05. The average Bonchev–Trinajstić information content (AvgIpc) is 2.38. The summed E-state index contributed by atoms with van der Waals surface area (Å²) in [7, 11) is 0. The van der Waals surface area contributed by atoms with Crippen LogP contribution in [0.1, 0.15) is 31.4 Å². The van der Waals surface area contributed by atoms with Gasteiger partial charge in [0.15, 0.2) is 0 Å². The van der Waals surface area contributed by atoms with Gasteiger partial charge in [-0.3, -0.25) is 4.98 Å². The zero-order valence-electron chi connectivity index (χ0n) is 9.39.